The first-order chi connectivity index (χ1) is 17.0. The summed E-state index contributed by atoms with van der Waals surface area (Å²) < 4.78 is 7.88. The third-order valence-corrected chi connectivity index (χ3v) is 6.36. The Hall–Kier alpha value is -3.69. The van der Waals surface area contributed by atoms with Gasteiger partial charge >= 0.3 is 5.97 Å². The van der Waals surface area contributed by atoms with Crippen LogP contribution >= 0.6 is 23.2 Å². The van der Waals surface area contributed by atoms with Crippen LogP contribution in [0.25, 0.3) is 33.5 Å². The number of imidazole rings is 1. The number of furan rings is 1. The van der Waals surface area contributed by atoms with Gasteiger partial charge < -0.3 is 14.1 Å². The number of benzene rings is 2. The van der Waals surface area contributed by atoms with Crippen LogP contribution in [0.5, 0.6) is 0 Å². The van der Waals surface area contributed by atoms with Gasteiger partial charge in [-0.1, -0.05) is 66.9 Å². The van der Waals surface area contributed by atoms with Crippen LogP contribution in [0.3, 0.4) is 0 Å². The van der Waals surface area contributed by atoms with Crippen LogP contribution in [-0.4, -0.2) is 41.3 Å². The monoisotopic (exact) mass is 510 g/mol. The zero-order chi connectivity index (χ0) is 24.5. The number of aryl methyl sites for hydroxylation is 1. The van der Waals surface area contributed by atoms with Crippen LogP contribution in [0.4, 0.5) is 0 Å². The largest absolute Gasteiger partial charge is 0.476 e. The fraction of sp³-hybridized carbons (Fsp3) is 0.208. The maximum Gasteiger partial charge on any atom is 0.355 e. The lowest BCUT2D eigenvalue weighted by atomic mass is 9.96. The highest BCUT2D eigenvalue weighted by atomic mass is 35.5. The summed E-state index contributed by atoms with van der Waals surface area (Å²) in [5.41, 5.74) is 2.70. The molecule has 0 bridgehead atoms. The van der Waals surface area contributed by atoms with E-state index >= 15 is 0 Å². The van der Waals surface area contributed by atoms with Gasteiger partial charge in [0, 0.05) is 22.9 Å². The van der Waals surface area contributed by atoms with Crippen molar-refractivity contribution in [3.63, 3.8) is 0 Å². The van der Waals surface area contributed by atoms with E-state index in [4.69, 9.17) is 27.6 Å². The number of nitrogens with one attached hydrogen (secondary N) is 1. The number of aromatic carboxylic acids is 1. The Balaban J connectivity index is 1.75. The van der Waals surface area contributed by atoms with Gasteiger partial charge in [-0.05, 0) is 29.3 Å². The average molecular weight is 511 g/mol. The van der Waals surface area contributed by atoms with E-state index < -0.39 is 5.97 Å². The summed E-state index contributed by atoms with van der Waals surface area (Å²) in [7, 11) is 0. The van der Waals surface area contributed by atoms with Crippen molar-refractivity contribution in [3.05, 3.63) is 69.9 Å². The summed E-state index contributed by atoms with van der Waals surface area (Å²) in [6, 6.07) is 13.0. The standard InChI is InChI=1S/C24H20Cl2N6O3/c1-2-3-11-18-27-22(26)21(24(33)34)32(18)12-17-19(20-15(25)9-6-10-16(20)35-17)13-7-4-5-8-14(13)23-28-30-31-29-23/h4-10H,2-3,11-12H2,1H3,(H,33,34)(H,28,29,30,31). The minimum Gasteiger partial charge on any atom is -0.476 e. The predicted molar refractivity (Wildman–Crippen MR) is 132 cm³/mol. The van der Waals surface area contributed by atoms with Crippen LogP contribution in [0.2, 0.25) is 10.2 Å². The lowest BCUT2D eigenvalue weighted by Gasteiger charge is -2.12. The van der Waals surface area contributed by atoms with Crippen molar-refractivity contribution in [1.82, 2.24) is 30.2 Å². The molecular formula is C24H20Cl2N6O3. The molecule has 0 aliphatic carbocycles. The van der Waals surface area contributed by atoms with Gasteiger partial charge in [-0.25, -0.2) is 9.78 Å². The fourth-order valence-corrected chi connectivity index (χ4v) is 4.77. The first kappa shape index (κ1) is 23.1. The average Bonchev–Trinajstić information content (AvgIpc) is 3.56. The number of carboxylic acid groups (broad SMARTS) is 1. The lowest BCUT2D eigenvalue weighted by molar-refractivity contribution is 0.0685. The molecule has 0 spiro atoms. The number of carboxylic acids is 1. The molecule has 5 aromatic rings. The lowest BCUT2D eigenvalue weighted by Crippen LogP contribution is -2.13. The van der Waals surface area contributed by atoms with Crippen molar-refractivity contribution in [3.8, 4) is 22.5 Å². The normalized spacial score (nSPS) is 11.4. The van der Waals surface area contributed by atoms with E-state index in [0.29, 0.717) is 45.4 Å². The SMILES string of the molecule is CCCCc1nc(Cl)c(C(=O)O)n1Cc1oc2cccc(Cl)c2c1-c1ccccc1-c1nn[nH]n1. The quantitative estimate of drug-likeness (QED) is 0.267. The van der Waals surface area contributed by atoms with Crippen molar-refractivity contribution in [2.24, 2.45) is 0 Å². The number of hydrogen-bond donors (Lipinski definition) is 2. The molecule has 0 saturated carbocycles. The Bertz CT molecular complexity index is 1520. The van der Waals surface area contributed by atoms with E-state index in [2.05, 4.69) is 32.5 Å². The number of unbranched alkanes of at least 4 members (excludes halogenated alkanes) is 1. The van der Waals surface area contributed by atoms with E-state index in [1.54, 1.807) is 16.7 Å². The molecule has 11 heteroatoms. The van der Waals surface area contributed by atoms with Gasteiger partial charge in [-0.2, -0.15) is 5.21 Å². The molecule has 0 aliphatic heterocycles. The van der Waals surface area contributed by atoms with Crippen molar-refractivity contribution in [2.45, 2.75) is 32.7 Å². The molecule has 2 N–H and O–H groups in total. The molecule has 0 radical (unpaired) electrons. The number of aromatic amines is 1. The molecule has 0 amide bonds. The second kappa shape index (κ2) is 9.52. The molecule has 35 heavy (non-hydrogen) atoms. The summed E-state index contributed by atoms with van der Waals surface area (Å²) in [6.45, 7) is 2.16. The summed E-state index contributed by atoms with van der Waals surface area (Å²) in [5.74, 6) is 0.346. The van der Waals surface area contributed by atoms with Gasteiger partial charge in [-0.3, -0.25) is 0 Å². The molecule has 178 valence electrons. The summed E-state index contributed by atoms with van der Waals surface area (Å²) >= 11 is 12.9. The van der Waals surface area contributed by atoms with E-state index in [-0.39, 0.29) is 17.4 Å². The van der Waals surface area contributed by atoms with Crippen LogP contribution in [0.1, 0.15) is 41.8 Å². The van der Waals surface area contributed by atoms with Gasteiger partial charge in [0.1, 0.15) is 17.2 Å². The Kier molecular flexibility index (Phi) is 6.27. The number of fused-ring (bicyclic) bond motifs is 1. The predicted octanol–water partition coefficient (Wildman–Crippen LogP) is 5.87. The number of rotatable bonds is 8. The minimum absolute atomic E-state index is 0.0495. The van der Waals surface area contributed by atoms with Gasteiger partial charge in [0.2, 0.25) is 5.82 Å². The topological polar surface area (TPSA) is 123 Å². The van der Waals surface area contributed by atoms with Crippen LogP contribution in [-0.2, 0) is 13.0 Å². The molecule has 5 rings (SSSR count). The van der Waals surface area contributed by atoms with Gasteiger partial charge in [-0.15, -0.1) is 10.2 Å². The fourth-order valence-electron chi connectivity index (χ4n) is 4.23. The molecule has 9 nitrogen and oxygen atoms in total. The third-order valence-electron chi connectivity index (χ3n) is 5.78. The van der Waals surface area contributed by atoms with E-state index in [1.165, 1.54) is 0 Å². The first-order valence-electron chi connectivity index (χ1n) is 11.0. The number of nitrogens with zero attached hydrogens (tertiary/aromatic N) is 5. The summed E-state index contributed by atoms with van der Waals surface area (Å²) in [5, 5.41) is 25.5. The number of halogens is 2. The Morgan fingerprint density at radius 1 is 1.14 bits per heavy atom. The van der Waals surface area contributed by atoms with Gasteiger partial charge in [0.05, 0.1) is 11.6 Å². The number of hydrogen-bond acceptors (Lipinski definition) is 6. The molecule has 3 heterocycles. The van der Waals surface area contributed by atoms with Gasteiger partial charge in [0.15, 0.2) is 10.8 Å². The first-order valence-corrected chi connectivity index (χ1v) is 11.8. The molecule has 0 aliphatic rings. The van der Waals surface area contributed by atoms with Crippen LogP contribution < -0.4 is 0 Å². The maximum absolute atomic E-state index is 12.1. The highest BCUT2D eigenvalue weighted by Gasteiger charge is 2.27. The third kappa shape index (κ3) is 4.17. The van der Waals surface area contributed by atoms with Gasteiger partial charge in [0.25, 0.3) is 0 Å². The second-order valence-electron chi connectivity index (χ2n) is 7.96. The highest BCUT2D eigenvalue weighted by Crippen LogP contribution is 2.42. The van der Waals surface area contributed by atoms with E-state index in [1.807, 2.05) is 30.3 Å². The Morgan fingerprint density at radius 3 is 2.66 bits per heavy atom. The molecule has 0 unspecified atom stereocenters. The summed E-state index contributed by atoms with van der Waals surface area (Å²) in [4.78, 5) is 16.4. The molecule has 2 aromatic carbocycles. The smallest absolute Gasteiger partial charge is 0.355 e. The summed E-state index contributed by atoms with van der Waals surface area (Å²) in [6.07, 6.45) is 2.35. The zero-order valence-electron chi connectivity index (χ0n) is 18.6. The Labute approximate surface area is 209 Å². The number of aromatic nitrogens is 6. The van der Waals surface area contributed by atoms with Crippen molar-refractivity contribution in [1.29, 1.82) is 0 Å². The van der Waals surface area contributed by atoms with Crippen molar-refractivity contribution >= 4 is 40.1 Å². The van der Waals surface area contributed by atoms with Crippen LogP contribution in [0, 0.1) is 0 Å². The molecule has 0 atom stereocenters. The number of H-pyrrole nitrogens is 1. The van der Waals surface area contributed by atoms with Crippen molar-refractivity contribution in [2.75, 3.05) is 0 Å². The van der Waals surface area contributed by atoms with Crippen molar-refractivity contribution < 1.29 is 14.3 Å². The highest BCUT2D eigenvalue weighted by molar-refractivity contribution is 6.36. The second-order valence-corrected chi connectivity index (χ2v) is 8.72. The molecule has 0 fully saturated rings. The van der Waals surface area contributed by atoms with E-state index in [0.717, 1.165) is 24.0 Å². The Morgan fingerprint density at radius 2 is 1.94 bits per heavy atom. The number of tetrazole rings is 1. The number of carbonyl (C=O) groups is 1. The minimum atomic E-state index is -1.16. The van der Waals surface area contributed by atoms with E-state index in [9.17, 15) is 9.90 Å². The zero-order valence-corrected chi connectivity index (χ0v) is 20.1. The molecule has 0 saturated heterocycles. The maximum atomic E-state index is 12.1. The molecule has 3 aromatic heterocycles. The molecular weight excluding hydrogens is 491 g/mol. The van der Waals surface area contributed by atoms with Crippen LogP contribution in [0.15, 0.2) is 46.9 Å².